The largest absolute Gasteiger partial charge is 0.355 e. The molecule has 0 aliphatic heterocycles. The van der Waals surface area contributed by atoms with E-state index in [-0.39, 0.29) is 23.0 Å². The number of likely N-dealkylation sites (N-methyl/N-ethyl adjacent to an activating group) is 1. The second kappa shape index (κ2) is 12.8. The molecule has 0 bridgehead atoms. The molecule has 0 aliphatic carbocycles. The molecule has 3 rings (SSSR count). The van der Waals surface area contributed by atoms with Crippen molar-refractivity contribution in [3.63, 3.8) is 0 Å². The maximum absolute atomic E-state index is 13.9. The number of halogens is 3. The smallest absolute Gasteiger partial charge is 0.264 e. The number of hydrogen-bond donors (Lipinski definition) is 1. The van der Waals surface area contributed by atoms with Crippen molar-refractivity contribution in [1.29, 1.82) is 0 Å². The van der Waals surface area contributed by atoms with Gasteiger partial charge in [-0.25, -0.2) is 8.42 Å². The Balaban J connectivity index is 2.07. The Labute approximate surface area is 238 Å². The van der Waals surface area contributed by atoms with Crippen molar-refractivity contribution >= 4 is 62.3 Å². The minimum atomic E-state index is -4.18. The molecule has 0 fully saturated rings. The Kier molecular flexibility index (Phi) is 10.1. The lowest BCUT2D eigenvalue weighted by molar-refractivity contribution is -0.139. The molecule has 2 amide bonds. The first-order chi connectivity index (χ1) is 18.0. The molecule has 0 heterocycles. The highest BCUT2D eigenvalue weighted by Crippen LogP contribution is 2.31. The average molecular weight is 597 g/mol. The van der Waals surface area contributed by atoms with Crippen LogP contribution in [0.1, 0.15) is 25.0 Å². The Bertz CT molecular complexity index is 1420. The van der Waals surface area contributed by atoms with Gasteiger partial charge in [0.2, 0.25) is 11.8 Å². The lowest BCUT2D eigenvalue weighted by atomic mass is 10.1. The van der Waals surface area contributed by atoms with E-state index in [2.05, 4.69) is 5.32 Å². The number of carbonyl (C=O) groups is 2. The fourth-order valence-electron chi connectivity index (χ4n) is 3.84. The molecular weight excluding hydrogens is 569 g/mol. The van der Waals surface area contributed by atoms with Gasteiger partial charge in [-0.15, -0.1) is 0 Å². The topological polar surface area (TPSA) is 86.8 Å². The highest BCUT2D eigenvalue weighted by molar-refractivity contribution is 7.92. The maximum atomic E-state index is 13.9. The van der Waals surface area contributed by atoms with Crippen molar-refractivity contribution in [1.82, 2.24) is 10.2 Å². The minimum Gasteiger partial charge on any atom is -0.355 e. The van der Waals surface area contributed by atoms with Crippen LogP contribution in [-0.4, -0.2) is 44.3 Å². The third kappa shape index (κ3) is 6.80. The Morgan fingerprint density at radius 1 is 0.921 bits per heavy atom. The van der Waals surface area contributed by atoms with Gasteiger partial charge in [0.25, 0.3) is 10.0 Å². The van der Waals surface area contributed by atoms with Gasteiger partial charge in [0.1, 0.15) is 12.6 Å². The molecule has 0 aliphatic rings. The summed E-state index contributed by atoms with van der Waals surface area (Å²) in [6, 6.07) is 16.7. The number of benzene rings is 3. The van der Waals surface area contributed by atoms with E-state index >= 15 is 0 Å². The maximum Gasteiger partial charge on any atom is 0.264 e. The van der Waals surface area contributed by atoms with Crippen molar-refractivity contribution in [3.8, 4) is 0 Å². The van der Waals surface area contributed by atoms with Crippen LogP contribution in [0, 0.1) is 6.92 Å². The summed E-state index contributed by atoms with van der Waals surface area (Å²) >= 11 is 18.5. The van der Waals surface area contributed by atoms with Crippen LogP contribution >= 0.6 is 34.8 Å². The third-order valence-corrected chi connectivity index (χ3v) is 8.90. The number of hydrogen-bond acceptors (Lipinski definition) is 4. The summed E-state index contributed by atoms with van der Waals surface area (Å²) in [5.74, 6) is -0.967. The zero-order valence-electron chi connectivity index (χ0n) is 21.1. The second-order valence-electron chi connectivity index (χ2n) is 8.55. The molecule has 0 saturated heterocycles. The van der Waals surface area contributed by atoms with Gasteiger partial charge < -0.3 is 10.2 Å². The van der Waals surface area contributed by atoms with Gasteiger partial charge in [-0.05, 0) is 68.3 Å². The van der Waals surface area contributed by atoms with Crippen LogP contribution in [0.4, 0.5) is 5.69 Å². The summed E-state index contributed by atoms with van der Waals surface area (Å²) in [5, 5.41) is 3.71. The van der Waals surface area contributed by atoms with Crippen molar-refractivity contribution in [3.05, 3.63) is 92.9 Å². The zero-order chi connectivity index (χ0) is 28.0. The van der Waals surface area contributed by atoms with Crippen LogP contribution in [-0.2, 0) is 26.2 Å². The summed E-state index contributed by atoms with van der Waals surface area (Å²) in [6.45, 7) is 4.84. The molecule has 11 heteroatoms. The number of nitrogens with zero attached hydrogens (tertiary/aromatic N) is 2. The van der Waals surface area contributed by atoms with E-state index in [4.69, 9.17) is 34.8 Å². The summed E-state index contributed by atoms with van der Waals surface area (Å²) < 4.78 is 28.6. The molecule has 202 valence electrons. The fraction of sp³-hybridized carbons (Fsp3) is 0.259. The Morgan fingerprint density at radius 2 is 1.61 bits per heavy atom. The summed E-state index contributed by atoms with van der Waals surface area (Å²) in [4.78, 5) is 28.0. The summed E-state index contributed by atoms with van der Waals surface area (Å²) in [7, 11) is -4.18. The molecule has 0 spiro atoms. The van der Waals surface area contributed by atoms with E-state index in [0.717, 1.165) is 4.31 Å². The van der Waals surface area contributed by atoms with Crippen LogP contribution in [0.3, 0.4) is 0 Å². The second-order valence-corrected chi connectivity index (χ2v) is 11.6. The van der Waals surface area contributed by atoms with E-state index in [1.165, 1.54) is 17.0 Å². The van der Waals surface area contributed by atoms with E-state index in [1.807, 2.05) is 0 Å². The highest BCUT2D eigenvalue weighted by Gasteiger charge is 2.33. The van der Waals surface area contributed by atoms with E-state index in [1.54, 1.807) is 75.4 Å². The van der Waals surface area contributed by atoms with Crippen LogP contribution in [0.15, 0.2) is 71.6 Å². The molecule has 1 N–H and O–H groups in total. The number of nitrogens with one attached hydrogen (secondary N) is 1. The molecule has 3 aromatic carbocycles. The quantitative estimate of drug-likeness (QED) is 0.325. The molecule has 3 aromatic rings. The fourth-order valence-corrected chi connectivity index (χ4v) is 5.82. The average Bonchev–Trinajstić information content (AvgIpc) is 2.89. The minimum absolute atomic E-state index is 0.00176. The first-order valence-electron chi connectivity index (χ1n) is 11.8. The van der Waals surface area contributed by atoms with Crippen LogP contribution in [0.25, 0.3) is 0 Å². The number of sulfonamides is 1. The van der Waals surface area contributed by atoms with Crippen molar-refractivity contribution < 1.29 is 18.0 Å². The van der Waals surface area contributed by atoms with Crippen LogP contribution in [0.5, 0.6) is 0 Å². The SMILES string of the molecule is CCNC(=O)[C@@H](C)N(Cc1ccc(Cl)c(Cl)c1)C(=O)CN(c1cccc(Cl)c1C)S(=O)(=O)c1ccccc1. The van der Waals surface area contributed by atoms with Gasteiger partial charge in [0, 0.05) is 18.1 Å². The predicted molar refractivity (Wildman–Crippen MR) is 152 cm³/mol. The predicted octanol–water partition coefficient (Wildman–Crippen LogP) is 5.70. The summed E-state index contributed by atoms with van der Waals surface area (Å²) in [5.41, 5.74) is 1.38. The zero-order valence-corrected chi connectivity index (χ0v) is 24.2. The molecule has 0 aromatic heterocycles. The summed E-state index contributed by atoms with van der Waals surface area (Å²) in [6.07, 6.45) is 0. The van der Waals surface area contributed by atoms with Gasteiger partial charge in [0.05, 0.1) is 20.6 Å². The van der Waals surface area contributed by atoms with E-state index in [9.17, 15) is 18.0 Å². The normalized spacial score (nSPS) is 12.1. The van der Waals surface area contributed by atoms with Gasteiger partial charge in [-0.3, -0.25) is 13.9 Å². The number of rotatable bonds is 10. The van der Waals surface area contributed by atoms with E-state index in [0.29, 0.717) is 32.7 Å². The standard InChI is InChI=1S/C27H28Cl3N3O4S/c1-4-31-27(35)19(3)32(16-20-13-14-23(29)24(30)15-20)26(34)17-33(25-12-8-11-22(28)18(25)2)38(36,37)21-9-6-5-7-10-21/h5-15,19H,4,16-17H2,1-3H3,(H,31,35)/t19-/m1/s1. The molecular formula is C27H28Cl3N3O4S. The number of anilines is 1. The number of carbonyl (C=O) groups excluding carboxylic acids is 2. The number of amides is 2. The lowest BCUT2D eigenvalue weighted by Gasteiger charge is -2.32. The first-order valence-corrected chi connectivity index (χ1v) is 14.4. The van der Waals surface area contributed by atoms with Crippen molar-refractivity contribution in [2.24, 2.45) is 0 Å². The van der Waals surface area contributed by atoms with E-state index < -0.39 is 28.5 Å². The van der Waals surface area contributed by atoms with Crippen molar-refractivity contribution in [2.75, 3.05) is 17.4 Å². The van der Waals surface area contributed by atoms with Crippen LogP contribution < -0.4 is 9.62 Å². The molecule has 0 unspecified atom stereocenters. The highest BCUT2D eigenvalue weighted by atomic mass is 35.5. The monoisotopic (exact) mass is 595 g/mol. The van der Waals surface area contributed by atoms with Crippen LogP contribution in [0.2, 0.25) is 15.1 Å². The molecule has 0 saturated carbocycles. The van der Waals surface area contributed by atoms with Gasteiger partial charge in [-0.1, -0.05) is 65.1 Å². The Hall–Kier alpha value is -2.78. The third-order valence-electron chi connectivity index (χ3n) is 5.97. The molecule has 1 atom stereocenters. The lowest BCUT2D eigenvalue weighted by Crippen LogP contribution is -2.51. The first kappa shape index (κ1) is 29.8. The molecule has 38 heavy (non-hydrogen) atoms. The van der Waals surface area contributed by atoms with Gasteiger partial charge >= 0.3 is 0 Å². The van der Waals surface area contributed by atoms with Gasteiger partial charge in [-0.2, -0.15) is 0 Å². The molecule has 7 nitrogen and oxygen atoms in total. The Morgan fingerprint density at radius 3 is 2.24 bits per heavy atom. The van der Waals surface area contributed by atoms with Crippen molar-refractivity contribution in [2.45, 2.75) is 38.3 Å². The van der Waals surface area contributed by atoms with Gasteiger partial charge in [0.15, 0.2) is 0 Å². The molecule has 0 radical (unpaired) electrons.